The smallest absolute Gasteiger partial charge is 0.191 e. The number of nitrogens with zero attached hydrogens (tertiary/aromatic N) is 2. The van der Waals surface area contributed by atoms with Crippen LogP contribution in [-0.4, -0.2) is 29.5 Å². The van der Waals surface area contributed by atoms with Crippen molar-refractivity contribution < 1.29 is 0 Å². The minimum atomic E-state index is -0.0674. The number of hydrogen-bond donors (Lipinski definition) is 1. The van der Waals surface area contributed by atoms with E-state index in [0.29, 0.717) is 12.0 Å². The summed E-state index contributed by atoms with van der Waals surface area (Å²) < 4.78 is 0. The van der Waals surface area contributed by atoms with Gasteiger partial charge in [0.05, 0.1) is 5.54 Å². The first-order valence-electron chi connectivity index (χ1n) is 4.98. The van der Waals surface area contributed by atoms with Gasteiger partial charge in [-0.2, -0.15) is 0 Å². The molecule has 0 saturated heterocycles. The zero-order valence-corrected chi connectivity index (χ0v) is 9.17. The predicted molar refractivity (Wildman–Crippen MR) is 56.8 cm³/mol. The molecular formula is C10H21N3. The van der Waals surface area contributed by atoms with E-state index in [0.717, 1.165) is 0 Å². The maximum atomic E-state index is 5.89. The molecule has 0 amide bonds. The third-order valence-corrected chi connectivity index (χ3v) is 2.43. The number of nitrogens with two attached hydrogens (primary N) is 1. The van der Waals surface area contributed by atoms with Crippen LogP contribution >= 0.6 is 0 Å². The molecule has 1 saturated carbocycles. The van der Waals surface area contributed by atoms with Gasteiger partial charge in [-0.05, 0) is 40.0 Å². The summed E-state index contributed by atoms with van der Waals surface area (Å²) in [6.45, 7) is 6.19. The summed E-state index contributed by atoms with van der Waals surface area (Å²) in [5, 5.41) is 0. The molecule has 0 heterocycles. The van der Waals surface area contributed by atoms with E-state index in [-0.39, 0.29) is 5.54 Å². The van der Waals surface area contributed by atoms with E-state index in [9.17, 15) is 0 Å². The Hall–Kier alpha value is -0.730. The summed E-state index contributed by atoms with van der Waals surface area (Å²) in [4.78, 5) is 6.54. The van der Waals surface area contributed by atoms with Gasteiger partial charge in [-0.3, -0.25) is 0 Å². The summed E-state index contributed by atoms with van der Waals surface area (Å²) in [7, 11) is 2.04. The standard InChI is InChI=1S/C10H21N3/c1-10(2,3)12-9(11)13(4)8-6-5-7-8/h8H,5-7H2,1-4H3,(H2,11,12). The molecule has 1 rings (SSSR count). The number of rotatable bonds is 1. The van der Waals surface area contributed by atoms with Crippen LogP contribution in [0, 0.1) is 0 Å². The van der Waals surface area contributed by atoms with E-state index < -0.39 is 0 Å². The van der Waals surface area contributed by atoms with Crippen LogP contribution in [0.25, 0.3) is 0 Å². The normalized spacial score (nSPS) is 19.8. The molecule has 3 heteroatoms. The lowest BCUT2D eigenvalue weighted by molar-refractivity contribution is 0.237. The predicted octanol–water partition coefficient (Wildman–Crippen LogP) is 1.58. The number of hydrogen-bond acceptors (Lipinski definition) is 1. The van der Waals surface area contributed by atoms with Crippen molar-refractivity contribution in [3.05, 3.63) is 0 Å². The average Bonchev–Trinajstić information content (AvgIpc) is 1.78. The van der Waals surface area contributed by atoms with Crippen molar-refractivity contribution in [2.24, 2.45) is 10.7 Å². The first kappa shape index (κ1) is 10.4. The number of guanidine groups is 1. The quantitative estimate of drug-likeness (QED) is 0.495. The van der Waals surface area contributed by atoms with Crippen LogP contribution in [0.15, 0.2) is 4.99 Å². The minimum absolute atomic E-state index is 0.0674. The SMILES string of the molecule is CN(C(N)=NC(C)(C)C)C1CCC1. The first-order chi connectivity index (χ1) is 5.90. The van der Waals surface area contributed by atoms with E-state index in [2.05, 4.69) is 30.7 Å². The van der Waals surface area contributed by atoms with Gasteiger partial charge < -0.3 is 10.6 Å². The minimum Gasteiger partial charge on any atom is -0.370 e. The molecule has 0 spiro atoms. The topological polar surface area (TPSA) is 41.6 Å². The summed E-state index contributed by atoms with van der Waals surface area (Å²) in [5.41, 5.74) is 5.82. The Labute approximate surface area is 81.0 Å². The van der Waals surface area contributed by atoms with Gasteiger partial charge in [0.2, 0.25) is 0 Å². The van der Waals surface area contributed by atoms with Crippen LogP contribution in [0.1, 0.15) is 40.0 Å². The Bertz CT molecular complexity index is 199. The van der Waals surface area contributed by atoms with E-state index >= 15 is 0 Å². The van der Waals surface area contributed by atoms with Crippen LogP contribution < -0.4 is 5.73 Å². The third-order valence-electron chi connectivity index (χ3n) is 2.43. The van der Waals surface area contributed by atoms with E-state index in [1.54, 1.807) is 0 Å². The summed E-state index contributed by atoms with van der Waals surface area (Å²) in [6, 6.07) is 0.631. The molecule has 0 aromatic carbocycles. The van der Waals surface area contributed by atoms with Crippen molar-refractivity contribution >= 4 is 5.96 Å². The fourth-order valence-corrected chi connectivity index (χ4v) is 1.38. The maximum absolute atomic E-state index is 5.89. The molecule has 1 aliphatic rings. The highest BCUT2D eigenvalue weighted by Gasteiger charge is 2.24. The fourth-order valence-electron chi connectivity index (χ4n) is 1.38. The second-order valence-corrected chi connectivity index (χ2v) is 4.84. The highest BCUT2D eigenvalue weighted by molar-refractivity contribution is 5.78. The fraction of sp³-hybridized carbons (Fsp3) is 0.900. The molecule has 0 bridgehead atoms. The second-order valence-electron chi connectivity index (χ2n) is 4.84. The molecule has 0 radical (unpaired) electrons. The lowest BCUT2D eigenvalue weighted by atomic mass is 9.92. The van der Waals surface area contributed by atoms with Crippen molar-refractivity contribution in [3.63, 3.8) is 0 Å². The lowest BCUT2D eigenvalue weighted by Gasteiger charge is -2.36. The zero-order valence-electron chi connectivity index (χ0n) is 9.17. The van der Waals surface area contributed by atoms with E-state index in [4.69, 9.17) is 5.73 Å². The van der Waals surface area contributed by atoms with Gasteiger partial charge in [0.25, 0.3) is 0 Å². The summed E-state index contributed by atoms with van der Waals surface area (Å²) in [5.74, 6) is 0.678. The third kappa shape index (κ3) is 2.90. The Morgan fingerprint density at radius 3 is 2.23 bits per heavy atom. The second kappa shape index (κ2) is 3.56. The molecular weight excluding hydrogens is 162 g/mol. The van der Waals surface area contributed by atoms with Gasteiger partial charge in [0.15, 0.2) is 5.96 Å². The Morgan fingerprint density at radius 1 is 1.38 bits per heavy atom. The Balaban J connectivity index is 2.54. The zero-order chi connectivity index (χ0) is 10.1. The maximum Gasteiger partial charge on any atom is 0.191 e. The Morgan fingerprint density at radius 2 is 1.92 bits per heavy atom. The van der Waals surface area contributed by atoms with Crippen LogP contribution in [0.3, 0.4) is 0 Å². The largest absolute Gasteiger partial charge is 0.370 e. The molecule has 0 unspecified atom stereocenters. The molecule has 13 heavy (non-hydrogen) atoms. The van der Waals surface area contributed by atoms with Crippen molar-refractivity contribution in [1.82, 2.24) is 4.90 Å². The van der Waals surface area contributed by atoms with Crippen molar-refractivity contribution in [2.45, 2.75) is 51.6 Å². The van der Waals surface area contributed by atoms with Gasteiger partial charge in [0, 0.05) is 13.1 Å². The van der Waals surface area contributed by atoms with E-state index in [1.807, 2.05) is 7.05 Å². The van der Waals surface area contributed by atoms with Crippen LogP contribution in [0.5, 0.6) is 0 Å². The molecule has 2 N–H and O–H groups in total. The lowest BCUT2D eigenvalue weighted by Crippen LogP contribution is -2.46. The van der Waals surface area contributed by atoms with Gasteiger partial charge in [0.1, 0.15) is 0 Å². The average molecular weight is 183 g/mol. The van der Waals surface area contributed by atoms with Gasteiger partial charge in [-0.1, -0.05) is 0 Å². The van der Waals surface area contributed by atoms with Crippen LogP contribution in [-0.2, 0) is 0 Å². The van der Waals surface area contributed by atoms with Crippen molar-refractivity contribution in [1.29, 1.82) is 0 Å². The molecule has 3 nitrogen and oxygen atoms in total. The van der Waals surface area contributed by atoms with Crippen LogP contribution in [0.2, 0.25) is 0 Å². The van der Waals surface area contributed by atoms with Crippen molar-refractivity contribution in [2.75, 3.05) is 7.05 Å². The molecule has 1 aliphatic carbocycles. The summed E-state index contributed by atoms with van der Waals surface area (Å²) in [6.07, 6.45) is 3.85. The van der Waals surface area contributed by atoms with Gasteiger partial charge in [-0.25, -0.2) is 4.99 Å². The molecule has 0 aliphatic heterocycles. The molecule has 76 valence electrons. The number of aliphatic imine (C=N–C) groups is 1. The first-order valence-corrected chi connectivity index (χ1v) is 4.98. The highest BCUT2D eigenvalue weighted by atomic mass is 15.3. The molecule has 1 fully saturated rings. The van der Waals surface area contributed by atoms with E-state index in [1.165, 1.54) is 19.3 Å². The van der Waals surface area contributed by atoms with Crippen molar-refractivity contribution in [3.8, 4) is 0 Å². The summed E-state index contributed by atoms with van der Waals surface area (Å²) >= 11 is 0. The monoisotopic (exact) mass is 183 g/mol. The molecule has 0 aromatic rings. The van der Waals surface area contributed by atoms with Gasteiger partial charge >= 0.3 is 0 Å². The van der Waals surface area contributed by atoms with Gasteiger partial charge in [-0.15, -0.1) is 0 Å². The molecule has 0 atom stereocenters. The molecule has 0 aromatic heterocycles. The highest BCUT2D eigenvalue weighted by Crippen LogP contribution is 2.23. The van der Waals surface area contributed by atoms with Crippen LogP contribution in [0.4, 0.5) is 0 Å². The Kier molecular flexibility index (Phi) is 2.84.